The number of thiophene rings is 2. The molecule has 2 aromatic carbocycles. The zero-order valence-electron chi connectivity index (χ0n) is 54.6. The molecule has 28 heteroatoms. The van der Waals surface area contributed by atoms with Crippen LogP contribution in [0.15, 0.2) is 81.8 Å². The van der Waals surface area contributed by atoms with Crippen LogP contribution in [0.25, 0.3) is 43.3 Å². The highest BCUT2D eigenvalue weighted by Crippen LogP contribution is 2.35. The zero-order valence-corrected chi connectivity index (χ0v) is 57.7. The molecule has 2 N–H and O–H groups in total. The van der Waals surface area contributed by atoms with Crippen molar-refractivity contribution in [3.05, 3.63) is 116 Å². The molecule has 2 saturated carbocycles. The van der Waals surface area contributed by atoms with Crippen LogP contribution in [0.5, 0.6) is 0 Å². The lowest BCUT2D eigenvalue weighted by Gasteiger charge is -2.34. The topological polar surface area (TPSA) is 276 Å². The van der Waals surface area contributed by atoms with Gasteiger partial charge in [-0.1, -0.05) is 58.5 Å². The third-order valence-corrected chi connectivity index (χ3v) is 20.2. The molecule has 4 fully saturated rings. The Morgan fingerprint density at radius 2 is 0.906 bits per heavy atom. The molecule has 2 saturated heterocycles. The lowest BCUT2D eigenvalue weighted by molar-refractivity contribution is -0.0929. The highest BCUT2D eigenvalue weighted by molar-refractivity contribution is 7.19. The molecule has 0 bridgehead atoms. The van der Waals surface area contributed by atoms with Crippen molar-refractivity contribution in [1.82, 2.24) is 49.8 Å². The summed E-state index contributed by atoms with van der Waals surface area (Å²) in [6.45, 7) is 15.4. The second kappa shape index (κ2) is 32.0. The van der Waals surface area contributed by atoms with Gasteiger partial charge in [0, 0.05) is 76.3 Å². The van der Waals surface area contributed by atoms with Gasteiger partial charge in [-0.2, -0.15) is 0 Å². The first-order valence-electron chi connectivity index (χ1n) is 33.0. The van der Waals surface area contributed by atoms with Crippen molar-refractivity contribution in [3.8, 4) is 21.3 Å². The number of hydrogen-bond donors (Lipinski definition) is 2. The third kappa shape index (κ3) is 17.6. The summed E-state index contributed by atoms with van der Waals surface area (Å²) in [7, 11) is 0. The molecule has 96 heavy (non-hydrogen) atoms. The third-order valence-electron chi connectivity index (χ3n) is 17.7. The Bertz CT molecular complexity index is 3760. The van der Waals surface area contributed by atoms with Crippen LogP contribution in [0, 0.1) is 0 Å². The Morgan fingerprint density at radius 1 is 0.521 bits per heavy atom. The van der Waals surface area contributed by atoms with E-state index in [-0.39, 0.29) is 83.0 Å². The van der Waals surface area contributed by atoms with E-state index in [1.165, 1.54) is 36.5 Å². The maximum absolute atomic E-state index is 13.8. The summed E-state index contributed by atoms with van der Waals surface area (Å²) in [6, 6.07) is 21.8. The van der Waals surface area contributed by atoms with Gasteiger partial charge in [-0.05, 0) is 153 Å². The first-order chi connectivity index (χ1) is 46.3. The van der Waals surface area contributed by atoms with E-state index in [0.29, 0.717) is 54.7 Å². The fourth-order valence-corrected chi connectivity index (χ4v) is 14.6. The van der Waals surface area contributed by atoms with Crippen molar-refractivity contribution in [1.29, 1.82) is 0 Å². The van der Waals surface area contributed by atoms with Gasteiger partial charge in [0.2, 0.25) is 12.6 Å². The molecule has 4 aliphatic rings. The molecule has 8 aromatic rings. The van der Waals surface area contributed by atoms with Gasteiger partial charge < -0.3 is 67.0 Å². The minimum absolute atomic E-state index is 0.0150. The standard InChI is InChI=1S/2C34H40ClN5O7S/c2*1-20(2)39-16-14-22(15-17-39)36-32(41)31-37-30-25(33(42)44-21(3)45-34(43)46-24-8-5-4-6-9-24)10-7-11-26(30)40(31)19-23-18-27(47-38-23)28-12-13-29(35)48-28/h2*7,10-13,18,20-22,24H,4-6,8-9,14-17,19H2,1-3H3,(H,36,41). The first kappa shape index (κ1) is 69.5. The summed E-state index contributed by atoms with van der Waals surface area (Å²) in [5.41, 5.74) is 2.95. The monoisotopic (exact) mass is 1390 g/mol. The van der Waals surface area contributed by atoms with Crippen molar-refractivity contribution in [2.24, 2.45) is 0 Å². The van der Waals surface area contributed by atoms with E-state index in [0.717, 1.165) is 126 Å². The van der Waals surface area contributed by atoms with Crippen LogP contribution in [0.4, 0.5) is 9.59 Å². The number of ether oxygens (including phenoxy) is 6. The van der Waals surface area contributed by atoms with Gasteiger partial charge in [0.25, 0.3) is 11.8 Å². The van der Waals surface area contributed by atoms with E-state index >= 15 is 0 Å². The lowest BCUT2D eigenvalue weighted by atomic mass is 9.98. The molecule has 512 valence electrons. The van der Waals surface area contributed by atoms with Gasteiger partial charge in [0.1, 0.15) is 34.6 Å². The summed E-state index contributed by atoms with van der Waals surface area (Å²) >= 11 is 15.0. The van der Waals surface area contributed by atoms with Gasteiger partial charge in [-0.25, -0.2) is 29.1 Å². The molecular formula is C68H80Cl2N10O14S2. The minimum Gasteiger partial charge on any atom is -0.431 e. The molecule has 2 atom stereocenters. The van der Waals surface area contributed by atoms with E-state index < -0.39 is 36.8 Å². The Morgan fingerprint density at radius 3 is 1.26 bits per heavy atom. The number of aromatic nitrogens is 6. The number of halogens is 2. The van der Waals surface area contributed by atoms with Crippen LogP contribution in [-0.4, -0.2) is 150 Å². The number of carbonyl (C=O) groups is 6. The number of para-hydroxylation sites is 2. The maximum atomic E-state index is 13.8. The average Bonchev–Trinajstić information content (AvgIpc) is 1.62. The van der Waals surface area contributed by atoms with E-state index in [1.54, 1.807) is 69.8 Å². The quantitative estimate of drug-likeness (QED) is 0.0407. The number of esters is 2. The number of imidazole rings is 2. The highest BCUT2D eigenvalue weighted by Gasteiger charge is 2.32. The smallest absolute Gasteiger partial charge is 0.431 e. The van der Waals surface area contributed by atoms with Gasteiger partial charge >= 0.3 is 24.2 Å². The predicted molar refractivity (Wildman–Crippen MR) is 360 cm³/mol. The van der Waals surface area contributed by atoms with Crippen LogP contribution in [-0.2, 0) is 41.5 Å². The number of benzene rings is 2. The Labute approximate surface area is 573 Å². The highest BCUT2D eigenvalue weighted by atomic mass is 35.5. The largest absolute Gasteiger partial charge is 0.511 e. The van der Waals surface area contributed by atoms with Crippen molar-refractivity contribution >= 4 is 104 Å². The molecule has 24 nitrogen and oxygen atoms in total. The number of carbonyl (C=O) groups excluding carboxylic acids is 6. The zero-order chi connectivity index (χ0) is 67.6. The Kier molecular flexibility index (Phi) is 23.1. The molecule has 2 aliphatic carbocycles. The normalized spacial score (nSPS) is 17.0. The number of amides is 2. The second-order valence-electron chi connectivity index (χ2n) is 25.2. The van der Waals surface area contributed by atoms with Crippen molar-refractivity contribution in [2.75, 3.05) is 26.2 Å². The Balaban J connectivity index is 0.000000195. The lowest BCUT2D eigenvalue weighted by Crippen LogP contribution is -2.47. The number of nitrogens with one attached hydrogen (secondary N) is 2. The molecule has 2 amide bonds. The van der Waals surface area contributed by atoms with Crippen LogP contribution < -0.4 is 10.6 Å². The molecule has 12 rings (SSSR count). The molecule has 6 aromatic heterocycles. The number of fused-ring (bicyclic) bond motifs is 2. The van der Waals surface area contributed by atoms with Crippen LogP contribution in [0.1, 0.15) is 185 Å². The minimum atomic E-state index is -1.20. The number of hydrogen-bond acceptors (Lipinski definition) is 22. The summed E-state index contributed by atoms with van der Waals surface area (Å²) in [5.74, 6) is -0.872. The number of nitrogens with zero attached hydrogens (tertiary/aromatic N) is 8. The molecule has 2 unspecified atom stereocenters. The van der Waals surface area contributed by atoms with Crippen LogP contribution in [0.3, 0.4) is 0 Å². The van der Waals surface area contributed by atoms with Gasteiger partial charge in [0.05, 0.1) is 53.7 Å². The van der Waals surface area contributed by atoms with E-state index in [2.05, 4.69) is 68.4 Å². The van der Waals surface area contributed by atoms with Crippen LogP contribution in [0.2, 0.25) is 8.67 Å². The maximum Gasteiger partial charge on any atom is 0.511 e. The SMILES string of the molecule is CC(OC(=O)OC1CCCCC1)OC(=O)c1cccc2c1nc(C(=O)NC1CCN(C(C)C)CC1)n2Cc1cc(-c2ccc(Cl)s2)on1.CC(OC(=O)OC1CCCCC1)OC(=O)c1cccc2c1nc(C(=O)NC1CCN(C(C)C)CC1)n2Cc1cc(-c2ccc(Cl)s2)on1. The number of likely N-dealkylation sites (tertiary alicyclic amines) is 2. The van der Waals surface area contributed by atoms with Gasteiger partial charge in [-0.3, -0.25) is 9.59 Å². The van der Waals surface area contributed by atoms with E-state index in [1.807, 2.05) is 12.1 Å². The number of rotatable bonds is 20. The summed E-state index contributed by atoms with van der Waals surface area (Å²) in [6.07, 6.45) is 8.13. The molecule has 2 aliphatic heterocycles. The summed E-state index contributed by atoms with van der Waals surface area (Å²) < 4.78 is 48.1. The molecular weight excluding hydrogens is 1320 g/mol. The van der Waals surface area contributed by atoms with Crippen molar-refractivity contribution in [2.45, 2.75) is 193 Å². The van der Waals surface area contributed by atoms with Crippen molar-refractivity contribution in [3.63, 3.8) is 0 Å². The second-order valence-corrected chi connectivity index (χ2v) is 28.6. The molecule has 8 heterocycles. The molecule has 0 spiro atoms. The predicted octanol–water partition coefficient (Wildman–Crippen LogP) is 14.1. The van der Waals surface area contributed by atoms with Gasteiger partial charge in [-0.15, -0.1) is 22.7 Å². The Hall–Kier alpha value is -7.88. The number of piperidine rings is 2. The van der Waals surface area contributed by atoms with E-state index in [4.69, 9.17) is 60.7 Å². The summed E-state index contributed by atoms with van der Waals surface area (Å²) in [5, 5.41) is 14.8. The summed E-state index contributed by atoms with van der Waals surface area (Å²) in [4.78, 5) is 94.9. The molecule has 0 radical (unpaired) electrons. The first-order valence-corrected chi connectivity index (χ1v) is 35.3. The van der Waals surface area contributed by atoms with Crippen LogP contribution >= 0.6 is 45.9 Å². The van der Waals surface area contributed by atoms with Crippen molar-refractivity contribution < 1.29 is 66.2 Å². The fraction of sp³-hybridized carbons (Fsp3) is 0.500. The fourth-order valence-electron chi connectivity index (χ4n) is 12.6. The van der Waals surface area contributed by atoms with Gasteiger partial charge in [0.15, 0.2) is 23.2 Å². The average molecular weight is 1400 g/mol. The van der Waals surface area contributed by atoms with E-state index in [9.17, 15) is 28.8 Å².